The third kappa shape index (κ3) is 5.39. The Morgan fingerprint density at radius 2 is 1.68 bits per heavy atom. The summed E-state index contributed by atoms with van der Waals surface area (Å²) in [7, 11) is 3.31. The lowest BCUT2D eigenvalue weighted by atomic mass is 10.2. The second kappa shape index (κ2) is 7.29. The van der Waals surface area contributed by atoms with Crippen molar-refractivity contribution in [3.63, 3.8) is 0 Å². The van der Waals surface area contributed by atoms with E-state index in [0.29, 0.717) is 6.54 Å². The molecule has 0 heterocycles. The van der Waals surface area contributed by atoms with Crippen molar-refractivity contribution in [2.45, 2.75) is 45.9 Å². The lowest BCUT2D eigenvalue weighted by Crippen LogP contribution is -2.47. The second-order valence-electron chi connectivity index (χ2n) is 6.45. The van der Waals surface area contributed by atoms with E-state index in [0.717, 1.165) is 5.56 Å². The van der Waals surface area contributed by atoms with E-state index >= 15 is 0 Å². The van der Waals surface area contributed by atoms with Gasteiger partial charge in [0.25, 0.3) is 0 Å². The maximum absolute atomic E-state index is 12.4. The van der Waals surface area contributed by atoms with E-state index < -0.39 is 17.7 Å². The van der Waals surface area contributed by atoms with Crippen LogP contribution in [-0.2, 0) is 16.1 Å². The minimum Gasteiger partial charge on any atom is -0.444 e. The van der Waals surface area contributed by atoms with Gasteiger partial charge in [-0.15, -0.1) is 0 Å². The minimum atomic E-state index is -0.580. The third-order valence-electron chi connectivity index (χ3n) is 3.26. The van der Waals surface area contributed by atoms with Gasteiger partial charge in [0.2, 0.25) is 5.91 Å². The predicted molar refractivity (Wildman–Crippen MR) is 86.4 cm³/mol. The van der Waals surface area contributed by atoms with E-state index in [1.165, 1.54) is 4.90 Å². The van der Waals surface area contributed by atoms with Crippen molar-refractivity contribution in [2.75, 3.05) is 14.1 Å². The molecule has 0 fully saturated rings. The van der Waals surface area contributed by atoms with Crippen molar-refractivity contribution in [3.05, 3.63) is 35.9 Å². The summed E-state index contributed by atoms with van der Waals surface area (Å²) in [4.78, 5) is 27.4. The summed E-state index contributed by atoms with van der Waals surface area (Å²) in [5, 5.41) is 0. The molecule has 1 aromatic rings. The standard InChI is InChI=1S/C17H26N2O3/c1-13(19(6)16(21)22-17(2,3)4)15(20)18(5)12-14-10-8-7-9-11-14/h7-11,13H,12H2,1-6H3. The number of carbonyl (C=O) groups is 2. The number of carbonyl (C=O) groups excluding carboxylic acids is 2. The molecule has 0 aliphatic rings. The predicted octanol–water partition coefficient (Wildman–Crippen LogP) is 2.90. The topological polar surface area (TPSA) is 49.9 Å². The van der Waals surface area contributed by atoms with Crippen LogP contribution in [0.25, 0.3) is 0 Å². The first-order valence-corrected chi connectivity index (χ1v) is 7.36. The fourth-order valence-corrected chi connectivity index (χ4v) is 1.91. The second-order valence-corrected chi connectivity index (χ2v) is 6.45. The van der Waals surface area contributed by atoms with Crippen LogP contribution in [0.4, 0.5) is 4.79 Å². The summed E-state index contributed by atoms with van der Waals surface area (Å²) in [6.07, 6.45) is -0.499. The van der Waals surface area contributed by atoms with Crippen molar-refractivity contribution in [3.8, 4) is 0 Å². The molecular formula is C17H26N2O3. The molecule has 2 amide bonds. The van der Waals surface area contributed by atoms with Crippen LogP contribution in [0.3, 0.4) is 0 Å². The SMILES string of the molecule is CC(C(=O)N(C)Cc1ccccc1)N(C)C(=O)OC(C)(C)C. The Balaban J connectivity index is 2.65. The minimum absolute atomic E-state index is 0.128. The number of likely N-dealkylation sites (N-methyl/N-ethyl adjacent to an activating group) is 2. The summed E-state index contributed by atoms with van der Waals surface area (Å²) in [5.41, 5.74) is 0.467. The first-order chi connectivity index (χ1) is 10.1. The van der Waals surface area contributed by atoms with Gasteiger partial charge in [0.05, 0.1) is 0 Å². The lowest BCUT2D eigenvalue weighted by Gasteiger charge is -2.30. The highest BCUT2D eigenvalue weighted by molar-refractivity contribution is 5.85. The number of rotatable bonds is 4. The van der Waals surface area contributed by atoms with E-state index in [1.807, 2.05) is 30.3 Å². The van der Waals surface area contributed by atoms with Gasteiger partial charge in [0, 0.05) is 20.6 Å². The molecule has 22 heavy (non-hydrogen) atoms. The van der Waals surface area contributed by atoms with Crippen molar-refractivity contribution in [1.82, 2.24) is 9.80 Å². The molecule has 0 radical (unpaired) electrons. The molecule has 122 valence electrons. The number of hydrogen-bond acceptors (Lipinski definition) is 3. The van der Waals surface area contributed by atoms with Crippen LogP contribution in [0, 0.1) is 0 Å². The number of hydrogen-bond donors (Lipinski definition) is 0. The first-order valence-electron chi connectivity index (χ1n) is 7.36. The number of amides is 2. The van der Waals surface area contributed by atoms with Crippen LogP contribution in [0.15, 0.2) is 30.3 Å². The average molecular weight is 306 g/mol. The molecule has 0 aliphatic heterocycles. The highest BCUT2D eigenvalue weighted by Crippen LogP contribution is 2.12. The zero-order chi connectivity index (χ0) is 16.9. The summed E-state index contributed by atoms with van der Waals surface area (Å²) in [6.45, 7) is 7.60. The van der Waals surface area contributed by atoms with Gasteiger partial charge in [0.1, 0.15) is 11.6 Å². The van der Waals surface area contributed by atoms with Crippen molar-refractivity contribution >= 4 is 12.0 Å². The van der Waals surface area contributed by atoms with Crippen molar-refractivity contribution < 1.29 is 14.3 Å². The summed E-state index contributed by atoms with van der Waals surface area (Å²) in [5.74, 6) is -0.128. The molecule has 0 saturated carbocycles. The Kier molecular flexibility index (Phi) is 5.97. The van der Waals surface area contributed by atoms with Crippen LogP contribution in [-0.4, -0.2) is 47.5 Å². The molecule has 0 saturated heterocycles. The van der Waals surface area contributed by atoms with E-state index in [-0.39, 0.29) is 5.91 Å². The molecule has 1 atom stereocenters. The van der Waals surface area contributed by atoms with Gasteiger partial charge < -0.3 is 9.64 Å². The zero-order valence-corrected chi connectivity index (χ0v) is 14.3. The summed E-state index contributed by atoms with van der Waals surface area (Å²) < 4.78 is 5.29. The molecule has 0 spiro atoms. The normalized spacial score (nSPS) is 12.5. The maximum atomic E-state index is 12.4. The molecule has 1 aromatic carbocycles. The molecule has 1 unspecified atom stereocenters. The quantitative estimate of drug-likeness (QED) is 0.859. The van der Waals surface area contributed by atoms with Gasteiger partial charge in [-0.05, 0) is 33.3 Å². The first kappa shape index (κ1) is 18.0. The summed E-state index contributed by atoms with van der Waals surface area (Å²) >= 11 is 0. The van der Waals surface area contributed by atoms with Crippen LogP contribution < -0.4 is 0 Å². The molecule has 5 nitrogen and oxygen atoms in total. The average Bonchev–Trinajstić information content (AvgIpc) is 2.44. The monoisotopic (exact) mass is 306 g/mol. The van der Waals surface area contributed by atoms with Crippen LogP contribution in [0.2, 0.25) is 0 Å². The van der Waals surface area contributed by atoms with Crippen molar-refractivity contribution in [2.24, 2.45) is 0 Å². The Bertz CT molecular complexity index is 508. The van der Waals surface area contributed by atoms with Gasteiger partial charge in [-0.2, -0.15) is 0 Å². The number of ether oxygens (including phenoxy) is 1. The van der Waals surface area contributed by atoms with Gasteiger partial charge >= 0.3 is 6.09 Å². The fourth-order valence-electron chi connectivity index (χ4n) is 1.91. The molecular weight excluding hydrogens is 280 g/mol. The zero-order valence-electron chi connectivity index (χ0n) is 14.3. The number of benzene rings is 1. The lowest BCUT2D eigenvalue weighted by molar-refractivity contribution is -0.135. The smallest absolute Gasteiger partial charge is 0.410 e. The van der Waals surface area contributed by atoms with E-state index in [1.54, 1.807) is 46.7 Å². The van der Waals surface area contributed by atoms with Crippen LogP contribution >= 0.6 is 0 Å². The molecule has 0 aliphatic carbocycles. The van der Waals surface area contributed by atoms with Gasteiger partial charge in [0.15, 0.2) is 0 Å². The van der Waals surface area contributed by atoms with Crippen LogP contribution in [0.5, 0.6) is 0 Å². The molecule has 5 heteroatoms. The Morgan fingerprint density at radius 1 is 1.14 bits per heavy atom. The van der Waals surface area contributed by atoms with Gasteiger partial charge in [-0.3, -0.25) is 9.69 Å². The summed E-state index contributed by atoms with van der Waals surface area (Å²) in [6, 6.07) is 9.15. The van der Waals surface area contributed by atoms with E-state index in [9.17, 15) is 9.59 Å². The number of nitrogens with zero attached hydrogens (tertiary/aromatic N) is 2. The third-order valence-corrected chi connectivity index (χ3v) is 3.26. The van der Waals surface area contributed by atoms with Crippen molar-refractivity contribution in [1.29, 1.82) is 0 Å². The van der Waals surface area contributed by atoms with E-state index in [2.05, 4.69) is 0 Å². The Morgan fingerprint density at radius 3 is 2.18 bits per heavy atom. The highest BCUT2D eigenvalue weighted by atomic mass is 16.6. The van der Waals surface area contributed by atoms with E-state index in [4.69, 9.17) is 4.74 Å². The maximum Gasteiger partial charge on any atom is 0.410 e. The molecule has 0 bridgehead atoms. The molecule has 1 rings (SSSR count). The Labute approximate surface area is 132 Å². The van der Waals surface area contributed by atoms with Crippen LogP contribution in [0.1, 0.15) is 33.3 Å². The van der Waals surface area contributed by atoms with Gasteiger partial charge in [-0.25, -0.2) is 4.79 Å². The molecule has 0 N–H and O–H groups in total. The highest BCUT2D eigenvalue weighted by Gasteiger charge is 2.28. The fraction of sp³-hybridized carbons (Fsp3) is 0.529. The van der Waals surface area contributed by atoms with Gasteiger partial charge in [-0.1, -0.05) is 30.3 Å². The Hall–Kier alpha value is -2.04. The molecule has 0 aromatic heterocycles. The largest absolute Gasteiger partial charge is 0.444 e.